The van der Waals surface area contributed by atoms with Gasteiger partial charge in [-0.1, -0.05) is 26.7 Å². The second kappa shape index (κ2) is 7.63. The first-order chi connectivity index (χ1) is 10.9. The van der Waals surface area contributed by atoms with Crippen molar-refractivity contribution >= 4 is 27.5 Å². The van der Waals surface area contributed by atoms with Crippen LogP contribution in [0.15, 0.2) is 28.0 Å². The van der Waals surface area contributed by atoms with Crippen molar-refractivity contribution in [2.24, 2.45) is 0 Å². The van der Waals surface area contributed by atoms with Gasteiger partial charge in [-0.3, -0.25) is 10.1 Å². The van der Waals surface area contributed by atoms with E-state index in [9.17, 15) is 18.5 Å². The minimum atomic E-state index is -3.68. The number of nitro groups is 1. The molecule has 23 heavy (non-hydrogen) atoms. The lowest BCUT2D eigenvalue weighted by Gasteiger charge is -2.18. The summed E-state index contributed by atoms with van der Waals surface area (Å²) < 4.78 is 26.3. The smallest absolute Gasteiger partial charge is 0.258 e. The van der Waals surface area contributed by atoms with Crippen LogP contribution in [-0.2, 0) is 10.0 Å². The number of sulfonamides is 1. The van der Waals surface area contributed by atoms with E-state index in [0.717, 1.165) is 25.7 Å². The monoisotopic (exact) mass is 358 g/mol. The van der Waals surface area contributed by atoms with Crippen molar-refractivity contribution in [3.63, 3.8) is 0 Å². The Morgan fingerprint density at radius 3 is 2.39 bits per heavy atom. The van der Waals surface area contributed by atoms with Crippen LogP contribution in [0.3, 0.4) is 0 Å². The van der Waals surface area contributed by atoms with Crippen LogP contribution in [0.4, 0.5) is 5.69 Å². The lowest BCUT2D eigenvalue weighted by atomic mass is 10.3. The van der Waals surface area contributed by atoms with Gasteiger partial charge in [-0.25, -0.2) is 8.42 Å². The molecule has 2 rings (SSSR count). The first kappa shape index (κ1) is 18.2. The molecule has 1 aromatic rings. The van der Waals surface area contributed by atoms with Crippen molar-refractivity contribution in [2.45, 2.75) is 54.6 Å². The summed E-state index contributed by atoms with van der Waals surface area (Å²) in [5.41, 5.74) is -0.116. The maximum Gasteiger partial charge on any atom is 0.284 e. The van der Waals surface area contributed by atoms with Crippen LogP contribution >= 0.6 is 11.8 Å². The molecule has 0 radical (unpaired) electrons. The highest BCUT2D eigenvalue weighted by molar-refractivity contribution is 8.00. The molecule has 0 saturated heterocycles. The third-order valence-corrected chi connectivity index (χ3v) is 7.52. The minimum absolute atomic E-state index is 0.0105. The predicted octanol–water partition coefficient (Wildman–Crippen LogP) is 3.66. The maximum atomic E-state index is 12.5. The summed E-state index contributed by atoms with van der Waals surface area (Å²) in [6.45, 7) is 4.18. The predicted molar refractivity (Wildman–Crippen MR) is 91.3 cm³/mol. The van der Waals surface area contributed by atoms with Gasteiger partial charge >= 0.3 is 0 Å². The number of rotatable bonds is 7. The number of nitro benzene ring substituents is 1. The lowest BCUT2D eigenvalue weighted by Crippen LogP contribution is -2.30. The van der Waals surface area contributed by atoms with Gasteiger partial charge in [-0.05, 0) is 25.0 Å². The Balaban J connectivity index is 2.37. The van der Waals surface area contributed by atoms with Crippen LogP contribution in [-0.4, -0.2) is 36.0 Å². The Kier molecular flexibility index (Phi) is 6.05. The van der Waals surface area contributed by atoms with Gasteiger partial charge in [0, 0.05) is 24.4 Å². The molecule has 1 aliphatic rings. The maximum absolute atomic E-state index is 12.5. The van der Waals surface area contributed by atoms with E-state index in [1.54, 1.807) is 19.9 Å². The van der Waals surface area contributed by atoms with E-state index in [1.807, 2.05) is 0 Å². The molecule has 8 heteroatoms. The van der Waals surface area contributed by atoms with Gasteiger partial charge in [-0.15, -0.1) is 11.8 Å². The van der Waals surface area contributed by atoms with Crippen molar-refractivity contribution in [1.29, 1.82) is 0 Å². The second-order valence-electron chi connectivity index (χ2n) is 5.50. The average Bonchev–Trinajstić information content (AvgIpc) is 3.01. The van der Waals surface area contributed by atoms with Gasteiger partial charge in [0.05, 0.1) is 14.7 Å². The minimum Gasteiger partial charge on any atom is -0.258 e. The van der Waals surface area contributed by atoms with E-state index in [1.165, 1.54) is 28.2 Å². The Morgan fingerprint density at radius 1 is 1.26 bits per heavy atom. The van der Waals surface area contributed by atoms with Crippen LogP contribution in [0, 0.1) is 10.1 Å². The molecule has 0 spiro atoms. The molecule has 1 fully saturated rings. The number of thioether (sulfide) groups is 1. The third kappa shape index (κ3) is 4.05. The van der Waals surface area contributed by atoms with E-state index in [0.29, 0.717) is 23.2 Å². The Hall–Kier alpha value is -1.12. The first-order valence-electron chi connectivity index (χ1n) is 7.85. The van der Waals surface area contributed by atoms with E-state index in [2.05, 4.69) is 0 Å². The zero-order valence-electron chi connectivity index (χ0n) is 13.4. The Morgan fingerprint density at radius 2 is 1.87 bits per heavy atom. The quantitative estimate of drug-likeness (QED) is 0.549. The Bertz CT molecular complexity index is 666. The van der Waals surface area contributed by atoms with E-state index >= 15 is 0 Å². The van der Waals surface area contributed by atoms with Gasteiger partial charge in [0.15, 0.2) is 0 Å². The molecule has 0 unspecified atom stereocenters. The summed E-state index contributed by atoms with van der Waals surface area (Å²) >= 11 is 1.50. The molecular weight excluding hydrogens is 336 g/mol. The Labute approximate surface area is 141 Å². The van der Waals surface area contributed by atoms with E-state index in [4.69, 9.17) is 0 Å². The second-order valence-corrected chi connectivity index (χ2v) is 8.78. The molecule has 0 N–H and O–H groups in total. The molecule has 0 aliphatic heterocycles. The normalized spacial score (nSPS) is 16.1. The molecule has 128 valence electrons. The fraction of sp³-hybridized carbons (Fsp3) is 0.600. The fourth-order valence-corrected chi connectivity index (χ4v) is 5.61. The van der Waals surface area contributed by atoms with Crippen LogP contribution in [0.2, 0.25) is 0 Å². The summed E-state index contributed by atoms with van der Waals surface area (Å²) in [6.07, 6.45) is 4.42. The van der Waals surface area contributed by atoms with Gasteiger partial charge in [-0.2, -0.15) is 4.31 Å². The van der Waals surface area contributed by atoms with Crippen molar-refractivity contribution in [1.82, 2.24) is 4.31 Å². The SMILES string of the molecule is CCN(CC)S(=O)(=O)c1ccc(SC2CCCC2)c([N+](=O)[O-])c1. The van der Waals surface area contributed by atoms with Crippen molar-refractivity contribution in [2.75, 3.05) is 13.1 Å². The topological polar surface area (TPSA) is 80.5 Å². The first-order valence-corrected chi connectivity index (χ1v) is 10.2. The number of hydrogen-bond acceptors (Lipinski definition) is 5. The summed E-state index contributed by atoms with van der Waals surface area (Å²) in [4.78, 5) is 11.4. The average molecular weight is 358 g/mol. The van der Waals surface area contributed by atoms with Gasteiger partial charge in [0.2, 0.25) is 10.0 Å². The standard InChI is InChI=1S/C15H22N2O4S2/c1-3-16(4-2)23(20,21)13-9-10-15(14(11-13)17(18)19)22-12-7-5-6-8-12/h9-12H,3-8H2,1-2H3. The summed E-state index contributed by atoms with van der Waals surface area (Å²) in [6, 6.07) is 4.26. The summed E-state index contributed by atoms with van der Waals surface area (Å²) in [5.74, 6) is 0. The lowest BCUT2D eigenvalue weighted by molar-refractivity contribution is -0.388. The molecule has 0 heterocycles. The van der Waals surface area contributed by atoms with Crippen molar-refractivity contribution < 1.29 is 13.3 Å². The molecule has 0 amide bonds. The molecule has 0 aromatic heterocycles. The number of nitrogens with zero attached hydrogens (tertiary/aromatic N) is 2. The van der Waals surface area contributed by atoms with Crippen LogP contribution in [0.5, 0.6) is 0 Å². The zero-order chi connectivity index (χ0) is 17.0. The highest BCUT2D eigenvalue weighted by Crippen LogP contribution is 2.39. The molecule has 1 saturated carbocycles. The highest BCUT2D eigenvalue weighted by Gasteiger charge is 2.27. The molecule has 6 nitrogen and oxygen atoms in total. The largest absolute Gasteiger partial charge is 0.284 e. The number of benzene rings is 1. The summed E-state index contributed by atoms with van der Waals surface area (Å²) in [5, 5.41) is 11.8. The van der Waals surface area contributed by atoms with Crippen molar-refractivity contribution in [3.8, 4) is 0 Å². The third-order valence-electron chi connectivity index (χ3n) is 4.07. The highest BCUT2D eigenvalue weighted by atomic mass is 32.2. The fourth-order valence-electron chi connectivity index (χ4n) is 2.80. The molecule has 0 atom stereocenters. The molecular formula is C15H22N2O4S2. The molecule has 1 aliphatic carbocycles. The van der Waals surface area contributed by atoms with Crippen molar-refractivity contribution in [3.05, 3.63) is 28.3 Å². The summed E-state index contributed by atoms with van der Waals surface area (Å²) in [7, 11) is -3.68. The van der Waals surface area contributed by atoms with Gasteiger partial charge < -0.3 is 0 Å². The molecule has 0 bridgehead atoms. The molecule has 1 aromatic carbocycles. The van der Waals surface area contributed by atoms with Crippen LogP contribution < -0.4 is 0 Å². The van der Waals surface area contributed by atoms with Crippen LogP contribution in [0.25, 0.3) is 0 Å². The zero-order valence-corrected chi connectivity index (χ0v) is 15.0. The number of hydrogen-bond donors (Lipinski definition) is 0. The van der Waals surface area contributed by atoms with Gasteiger partial charge in [0.1, 0.15) is 0 Å². The van der Waals surface area contributed by atoms with E-state index in [-0.39, 0.29) is 10.6 Å². The van der Waals surface area contributed by atoms with Gasteiger partial charge in [0.25, 0.3) is 5.69 Å². The van der Waals surface area contributed by atoms with Crippen LogP contribution in [0.1, 0.15) is 39.5 Å². The van der Waals surface area contributed by atoms with E-state index < -0.39 is 14.9 Å².